The summed E-state index contributed by atoms with van der Waals surface area (Å²) in [5.74, 6) is -2.10. The maximum absolute atomic E-state index is 14.0. The molecule has 140 valence electrons. The van der Waals surface area contributed by atoms with Crippen molar-refractivity contribution in [2.75, 3.05) is 13.2 Å². The lowest BCUT2D eigenvalue weighted by atomic mass is 10.1. The van der Waals surface area contributed by atoms with E-state index in [1.54, 1.807) is 6.92 Å². The van der Waals surface area contributed by atoms with Crippen LogP contribution in [0.5, 0.6) is 0 Å². The first-order valence-electron chi connectivity index (χ1n) is 7.64. The molecule has 2 rings (SSSR count). The van der Waals surface area contributed by atoms with Crippen molar-refractivity contribution in [3.8, 4) is 0 Å². The summed E-state index contributed by atoms with van der Waals surface area (Å²) in [5.41, 5.74) is -1.28. The van der Waals surface area contributed by atoms with Gasteiger partial charge in [-0.3, -0.25) is 4.79 Å². The number of sulfonamides is 1. The third kappa shape index (κ3) is 4.12. The Bertz CT molecular complexity index is 748. The highest BCUT2D eigenvalue weighted by molar-refractivity contribution is 7.89. The van der Waals surface area contributed by atoms with E-state index in [1.165, 1.54) is 0 Å². The van der Waals surface area contributed by atoms with Crippen LogP contribution >= 0.6 is 0 Å². The van der Waals surface area contributed by atoms with Gasteiger partial charge in [0.25, 0.3) is 0 Å². The molecule has 5 nitrogen and oxygen atoms in total. The predicted octanol–water partition coefficient (Wildman–Crippen LogP) is 2.95. The van der Waals surface area contributed by atoms with Crippen molar-refractivity contribution in [1.29, 1.82) is 0 Å². The van der Waals surface area contributed by atoms with E-state index in [-0.39, 0.29) is 25.6 Å². The summed E-state index contributed by atoms with van der Waals surface area (Å²) in [4.78, 5) is 10.9. The van der Waals surface area contributed by atoms with Gasteiger partial charge >= 0.3 is 12.1 Å². The molecule has 1 aliphatic rings. The molecule has 0 amide bonds. The number of nitrogens with zero attached hydrogens (tertiary/aromatic N) is 1. The number of hydrogen-bond acceptors (Lipinski definition) is 4. The molecule has 0 N–H and O–H groups in total. The molecule has 0 saturated carbocycles. The Morgan fingerprint density at radius 2 is 2.00 bits per heavy atom. The molecule has 0 aromatic heterocycles. The summed E-state index contributed by atoms with van der Waals surface area (Å²) in [6.07, 6.45) is -3.69. The number of rotatable bonds is 4. The minimum Gasteiger partial charge on any atom is -0.465 e. The van der Waals surface area contributed by atoms with Crippen LogP contribution in [0.4, 0.5) is 17.6 Å². The van der Waals surface area contributed by atoms with Gasteiger partial charge in [-0.2, -0.15) is 17.5 Å². The van der Waals surface area contributed by atoms with Gasteiger partial charge in [0.2, 0.25) is 10.0 Å². The zero-order valence-corrected chi connectivity index (χ0v) is 14.2. The third-order valence-corrected chi connectivity index (χ3v) is 5.78. The van der Waals surface area contributed by atoms with Crippen LogP contribution in [0.2, 0.25) is 0 Å². The maximum Gasteiger partial charge on any atom is 0.416 e. The van der Waals surface area contributed by atoms with E-state index in [2.05, 4.69) is 0 Å². The van der Waals surface area contributed by atoms with Crippen molar-refractivity contribution in [3.05, 3.63) is 29.6 Å². The van der Waals surface area contributed by atoms with Gasteiger partial charge in [0.15, 0.2) is 0 Å². The highest BCUT2D eigenvalue weighted by Crippen LogP contribution is 2.34. The lowest BCUT2D eigenvalue weighted by Crippen LogP contribution is -2.48. The fourth-order valence-electron chi connectivity index (χ4n) is 2.67. The van der Waals surface area contributed by atoms with Crippen LogP contribution in [-0.4, -0.2) is 37.9 Å². The number of carbonyl (C=O) groups is 1. The summed E-state index contributed by atoms with van der Waals surface area (Å²) < 4.78 is 83.5. The Balaban J connectivity index is 2.47. The van der Waals surface area contributed by atoms with Gasteiger partial charge in [-0.15, -0.1) is 0 Å². The van der Waals surface area contributed by atoms with Crippen LogP contribution in [0.3, 0.4) is 0 Å². The number of halogens is 4. The van der Waals surface area contributed by atoms with Crippen molar-refractivity contribution in [3.63, 3.8) is 0 Å². The molecule has 1 atom stereocenters. The van der Waals surface area contributed by atoms with Crippen molar-refractivity contribution in [2.24, 2.45) is 0 Å². The lowest BCUT2D eigenvalue weighted by Gasteiger charge is -2.33. The van der Waals surface area contributed by atoms with Crippen molar-refractivity contribution < 1.29 is 35.5 Å². The number of ether oxygens (including phenoxy) is 1. The molecule has 10 heteroatoms. The predicted molar refractivity (Wildman–Crippen MR) is 79.6 cm³/mol. The lowest BCUT2D eigenvalue weighted by molar-refractivity contribution is -0.148. The molecule has 0 aliphatic carbocycles. The first-order valence-corrected chi connectivity index (χ1v) is 9.08. The average molecular weight is 383 g/mol. The summed E-state index contributed by atoms with van der Waals surface area (Å²) in [5, 5.41) is 0. The van der Waals surface area contributed by atoms with Crippen molar-refractivity contribution >= 4 is 16.0 Å². The topological polar surface area (TPSA) is 63.7 Å². The average Bonchev–Trinajstić information content (AvgIpc) is 2.54. The van der Waals surface area contributed by atoms with Crippen LogP contribution in [-0.2, 0) is 25.7 Å². The van der Waals surface area contributed by atoms with Crippen molar-refractivity contribution in [1.82, 2.24) is 4.31 Å². The summed E-state index contributed by atoms with van der Waals surface area (Å²) in [7, 11) is -4.63. The van der Waals surface area contributed by atoms with Crippen LogP contribution < -0.4 is 0 Å². The highest BCUT2D eigenvalue weighted by atomic mass is 32.2. The number of carbonyl (C=O) groups excluding carboxylic acids is 1. The number of esters is 1. The Morgan fingerprint density at radius 3 is 2.60 bits per heavy atom. The molecule has 25 heavy (non-hydrogen) atoms. The quantitative estimate of drug-likeness (QED) is 0.592. The molecule has 1 heterocycles. The summed E-state index contributed by atoms with van der Waals surface area (Å²) >= 11 is 0. The zero-order valence-electron chi connectivity index (χ0n) is 13.3. The Kier molecular flexibility index (Phi) is 5.72. The fraction of sp³-hybridized carbons (Fsp3) is 0.533. The number of benzene rings is 1. The van der Waals surface area contributed by atoms with Gasteiger partial charge in [-0.25, -0.2) is 12.8 Å². The molecular weight excluding hydrogens is 366 g/mol. The second-order valence-corrected chi connectivity index (χ2v) is 7.38. The van der Waals surface area contributed by atoms with Crippen LogP contribution in [0, 0.1) is 5.82 Å². The van der Waals surface area contributed by atoms with E-state index in [1.807, 2.05) is 0 Å². The summed E-state index contributed by atoms with van der Waals surface area (Å²) in [6.45, 7) is 1.48. The fourth-order valence-corrected chi connectivity index (χ4v) is 4.41. The molecule has 0 radical (unpaired) electrons. The Morgan fingerprint density at radius 1 is 1.32 bits per heavy atom. The second-order valence-electron chi connectivity index (χ2n) is 5.52. The zero-order chi connectivity index (χ0) is 18.8. The molecule has 1 aromatic carbocycles. The van der Waals surface area contributed by atoms with Gasteiger partial charge < -0.3 is 4.74 Å². The van der Waals surface area contributed by atoms with Gasteiger partial charge in [-0.05, 0) is 44.4 Å². The summed E-state index contributed by atoms with van der Waals surface area (Å²) in [6, 6.07) is 0.00102. The van der Waals surface area contributed by atoms with Crippen molar-refractivity contribution in [2.45, 2.75) is 43.3 Å². The van der Waals surface area contributed by atoms with E-state index >= 15 is 0 Å². The van der Waals surface area contributed by atoms with E-state index in [0.717, 1.165) is 4.31 Å². The molecule has 1 saturated heterocycles. The smallest absolute Gasteiger partial charge is 0.416 e. The van der Waals surface area contributed by atoms with Gasteiger partial charge in [0.05, 0.1) is 12.2 Å². The first kappa shape index (κ1) is 19.6. The van der Waals surface area contributed by atoms with E-state index in [0.29, 0.717) is 25.0 Å². The van der Waals surface area contributed by atoms with E-state index < -0.39 is 44.5 Å². The van der Waals surface area contributed by atoms with Crippen LogP contribution in [0.25, 0.3) is 0 Å². The van der Waals surface area contributed by atoms with Crippen LogP contribution in [0.15, 0.2) is 23.1 Å². The Hall–Kier alpha value is -1.68. The molecule has 0 bridgehead atoms. The SMILES string of the molecule is CCOC(=O)C1CCCCN1S(=O)(=O)c1cc(C(F)(F)F)ccc1F. The molecule has 1 fully saturated rings. The number of hydrogen-bond donors (Lipinski definition) is 0. The second kappa shape index (κ2) is 7.28. The van der Waals surface area contributed by atoms with Gasteiger partial charge in [0.1, 0.15) is 16.8 Å². The Labute approximate surface area is 142 Å². The standard InChI is InChI=1S/C15H17F4NO4S/c1-2-24-14(21)12-5-3-4-8-20(12)25(22,23)13-9-10(15(17,18)19)6-7-11(13)16/h6-7,9,12H,2-5,8H2,1H3. The maximum atomic E-state index is 14.0. The minimum absolute atomic E-state index is 0.0289. The molecule has 0 spiro atoms. The van der Waals surface area contributed by atoms with Gasteiger partial charge in [-0.1, -0.05) is 0 Å². The molecule has 1 unspecified atom stereocenters. The number of alkyl halides is 3. The molecular formula is C15H17F4NO4S. The van der Waals surface area contributed by atoms with E-state index in [4.69, 9.17) is 4.74 Å². The third-order valence-electron chi connectivity index (χ3n) is 3.86. The highest BCUT2D eigenvalue weighted by Gasteiger charge is 2.41. The first-order chi connectivity index (χ1) is 11.6. The molecule has 1 aliphatic heterocycles. The largest absolute Gasteiger partial charge is 0.465 e. The van der Waals surface area contributed by atoms with Crippen LogP contribution in [0.1, 0.15) is 31.7 Å². The molecule has 1 aromatic rings. The van der Waals surface area contributed by atoms with E-state index in [9.17, 15) is 30.8 Å². The normalized spacial score (nSPS) is 19.6. The van der Waals surface area contributed by atoms with Gasteiger partial charge in [0, 0.05) is 6.54 Å². The minimum atomic E-state index is -4.82. The number of piperidine rings is 1. The monoisotopic (exact) mass is 383 g/mol.